The second kappa shape index (κ2) is 7.88. The first-order valence-electron chi connectivity index (χ1n) is 4.37. The molecule has 0 spiro atoms. The van der Waals surface area contributed by atoms with Crippen LogP contribution in [0.5, 0.6) is 0 Å². The van der Waals surface area contributed by atoms with Crippen molar-refractivity contribution in [2.75, 3.05) is 0 Å². The molecular weight excluding hydrogens is 432 g/mol. The van der Waals surface area contributed by atoms with Crippen LogP contribution in [0.25, 0.3) is 0 Å². The van der Waals surface area contributed by atoms with Gasteiger partial charge in [0.15, 0.2) is 0 Å². The molecule has 0 amide bonds. The molecule has 0 heterocycles. The summed E-state index contributed by atoms with van der Waals surface area (Å²) in [6, 6.07) is -3.69. The van der Waals surface area contributed by atoms with Crippen molar-refractivity contribution in [3.8, 4) is 0 Å². The predicted molar refractivity (Wildman–Crippen MR) is 51.0 cm³/mol. The molecular formula is C6H2F11KO5S. The van der Waals surface area contributed by atoms with E-state index >= 15 is 0 Å². The van der Waals surface area contributed by atoms with Gasteiger partial charge in [0, 0.05) is 0 Å². The maximum absolute atomic E-state index is 12.6. The van der Waals surface area contributed by atoms with Crippen LogP contribution in [-0.4, -0.2) is 87.9 Å². The average molecular weight is 434 g/mol. The maximum atomic E-state index is 12.6. The van der Waals surface area contributed by atoms with Crippen molar-refractivity contribution in [1.82, 2.24) is 0 Å². The summed E-state index contributed by atoms with van der Waals surface area (Å²) in [5.74, 6) is 0. The normalized spacial score (nSPS) is 14.0. The molecule has 0 fully saturated rings. The van der Waals surface area contributed by atoms with E-state index in [9.17, 15) is 56.7 Å². The van der Waals surface area contributed by atoms with Gasteiger partial charge in [-0.1, -0.05) is 0 Å². The fourth-order valence-electron chi connectivity index (χ4n) is 0.640. The van der Waals surface area contributed by atoms with Crippen LogP contribution in [0.3, 0.4) is 0 Å². The van der Waals surface area contributed by atoms with Crippen LogP contribution in [0.2, 0.25) is 0 Å². The zero-order valence-corrected chi connectivity index (χ0v) is 10.5. The van der Waals surface area contributed by atoms with E-state index in [0.29, 0.717) is 0 Å². The molecule has 0 rings (SSSR count). The molecule has 0 saturated heterocycles. The van der Waals surface area contributed by atoms with Crippen molar-refractivity contribution in [3.05, 3.63) is 12.1 Å². The van der Waals surface area contributed by atoms with E-state index in [0.717, 1.165) is 0 Å². The monoisotopic (exact) mass is 434 g/mol. The van der Waals surface area contributed by atoms with Crippen molar-refractivity contribution in [3.63, 3.8) is 0 Å². The molecule has 18 heteroatoms. The Balaban J connectivity index is 0. The van der Waals surface area contributed by atoms with Crippen LogP contribution in [0, 0.1) is 0 Å². The molecule has 0 unspecified atom stereocenters. The molecule has 0 aliphatic rings. The van der Waals surface area contributed by atoms with Gasteiger partial charge in [0.05, 0.1) is 0 Å². The molecule has 0 atom stereocenters. The third-order valence-electron chi connectivity index (χ3n) is 1.62. The van der Waals surface area contributed by atoms with Gasteiger partial charge in [-0.05, 0) is 0 Å². The van der Waals surface area contributed by atoms with Crippen LogP contribution < -0.4 is 0 Å². The number of hydrogen-bond donors (Lipinski definition) is 1. The van der Waals surface area contributed by atoms with Gasteiger partial charge in [0.25, 0.3) is 0 Å². The molecule has 1 N–H and O–H groups in total. The zero-order valence-electron chi connectivity index (χ0n) is 9.65. The summed E-state index contributed by atoms with van der Waals surface area (Å²) in [6.07, 6.45) is -24.4. The Kier molecular flexibility index (Phi) is 8.71. The summed E-state index contributed by atoms with van der Waals surface area (Å²) >= 11 is 0. The summed E-state index contributed by atoms with van der Waals surface area (Å²) in [5, 5.41) is -6.86. The minimum atomic E-state index is -7.15. The van der Waals surface area contributed by atoms with E-state index in [1.165, 1.54) is 0 Å². The van der Waals surface area contributed by atoms with Gasteiger partial charge in [-0.25, -0.2) is 4.74 Å². The average Bonchev–Trinajstić information content (AvgIpc) is 2.24. The molecule has 0 saturated carbocycles. The number of alkyl halides is 8. The Morgan fingerprint density at radius 3 is 1.46 bits per heavy atom. The summed E-state index contributed by atoms with van der Waals surface area (Å²) < 4.78 is 166. The Morgan fingerprint density at radius 2 is 1.17 bits per heavy atom. The topological polar surface area (TPSA) is 72.8 Å². The van der Waals surface area contributed by atoms with Crippen LogP contribution in [0.15, 0.2) is 12.1 Å². The van der Waals surface area contributed by atoms with Crippen molar-refractivity contribution in [2.24, 2.45) is 0 Å². The Hall–Kier alpha value is 0.276. The van der Waals surface area contributed by atoms with Crippen molar-refractivity contribution in [1.29, 1.82) is 0 Å². The fourth-order valence-corrected chi connectivity index (χ4v) is 0.982. The Bertz CT molecular complexity index is 584. The van der Waals surface area contributed by atoms with Crippen LogP contribution in [-0.2, 0) is 19.6 Å². The number of ether oxygens (including phenoxy) is 2. The van der Waals surface area contributed by atoms with Gasteiger partial charge >= 0.3 is 97.2 Å². The van der Waals surface area contributed by atoms with E-state index in [4.69, 9.17) is 4.55 Å². The number of halogens is 11. The molecule has 0 radical (unpaired) electrons. The Labute approximate surface area is 166 Å². The minimum absolute atomic E-state index is 0. The van der Waals surface area contributed by atoms with Gasteiger partial charge < -0.3 is 4.74 Å². The summed E-state index contributed by atoms with van der Waals surface area (Å²) in [7, 11) is -7.15. The Morgan fingerprint density at radius 1 is 0.792 bits per heavy atom. The number of hydrogen-bond acceptors (Lipinski definition) is 4. The first-order valence-corrected chi connectivity index (χ1v) is 5.81. The summed E-state index contributed by atoms with van der Waals surface area (Å²) in [5.41, 5.74) is 0. The molecule has 5 nitrogen and oxygen atoms in total. The molecule has 140 valence electrons. The second-order valence-electron chi connectivity index (χ2n) is 3.28. The first-order chi connectivity index (χ1) is 9.78. The third kappa shape index (κ3) is 5.64. The second-order valence-corrected chi connectivity index (χ2v) is 4.74. The molecule has 0 aliphatic carbocycles. The van der Waals surface area contributed by atoms with Crippen molar-refractivity contribution >= 4 is 61.5 Å². The number of rotatable bonds is 7. The van der Waals surface area contributed by atoms with Gasteiger partial charge in [-0.2, -0.15) is 56.7 Å². The predicted octanol–water partition coefficient (Wildman–Crippen LogP) is 2.67. The van der Waals surface area contributed by atoms with E-state index in [1.807, 2.05) is 4.74 Å². The van der Waals surface area contributed by atoms with E-state index < -0.39 is 45.8 Å². The zero-order chi connectivity index (χ0) is 19.1. The molecule has 0 aromatic heterocycles. The standard InChI is InChI=1S/C6HF11O5S.K.H/c7-1(8)2(9)21-3(10,11)4(12,13)22-5(14,15)6(16,17)23(18,19)20;;/h(H,18,19,20);;. The first kappa shape index (κ1) is 26.5. The van der Waals surface area contributed by atoms with E-state index in [-0.39, 0.29) is 51.4 Å². The van der Waals surface area contributed by atoms with Gasteiger partial charge in [-0.15, -0.1) is 0 Å². The molecule has 0 aliphatic heterocycles. The van der Waals surface area contributed by atoms with Gasteiger partial charge in [-0.3, -0.25) is 4.55 Å². The van der Waals surface area contributed by atoms with Gasteiger partial charge in [0.2, 0.25) is 0 Å². The van der Waals surface area contributed by atoms with E-state index in [2.05, 4.69) is 0 Å². The summed E-state index contributed by atoms with van der Waals surface area (Å²) in [4.78, 5) is 0. The third-order valence-corrected chi connectivity index (χ3v) is 2.51. The van der Waals surface area contributed by atoms with Crippen molar-refractivity contribution in [2.45, 2.75) is 23.6 Å². The summed E-state index contributed by atoms with van der Waals surface area (Å²) in [6.45, 7) is 0. The molecule has 24 heavy (non-hydrogen) atoms. The SMILES string of the molecule is O=S(=O)(O)C(F)(F)C(F)(F)OC(F)(F)C(F)(F)OC(F)=C(F)F.[KH]. The fraction of sp³-hybridized carbons (Fsp3) is 0.667. The van der Waals surface area contributed by atoms with Crippen LogP contribution in [0.4, 0.5) is 48.3 Å². The molecule has 0 aromatic rings. The van der Waals surface area contributed by atoms with Gasteiger partial charge in [0.1, 0.15) is 0 Å². The molecule has 0 bridgehead atoms. The van der Waals surface area contributed by atoms with Crippen LogP contribution >= 0.6 is 0 Å². The van der Waals surface area contributed by atoms with Crippen LogP contribution in [0.1, 0.15) is 0 Å². The quantitative estimate of drug-likeness (QED) is 0.289. The molecule has 0 aromatic carbocycles. The van der Waals surface area contributed by atoms with Crippen molar-refractivity contribution < 1.29 is 70.7 Å². The van der Waals surface area contributed by atoms with E-state index in [1.54, 1.807) is 4.74 Å².